The molecule has 2 aromatic carbocycles. The molecule has 0 aromatic heterocycles. The summed E-state index contributed by atoms with van der Waals surface area (Å²) in [5.74, 6) is 0.194. The quantitative estimate of drug-likeness (QED) is 0.491. The van der Waals surface area contributed by atoms with E-state index in [1.54, 1.807) is 36.4 Å². The van der Waals surface area contributed by atoms with Crippen LogP contribution in [-0.4, -0.2) is 22.6 Å². The average molecular weight is 342 g/mol. The van der Waals surface area contributed by atoms with Gasteiger partial charge in [0.15, 0.2) is 0 Å². The van der Waals surface area contributed by atoms with Crippen molar-refractivity contribution in [3.8, 4) is 11.5 Å². The summed E-state index contributed by atoms with van der Waals surface area (Å²) in [6.07, 6.45) is 2.74. The number of para-hydroxylation sites is 2. The van der Waals surface area contributed by atoms with Gasteiger partial charge in [0.05, 0.1) is 0 Å². The number of phenolic OH excluding ortho intramolecular Hbond substituents is 2. The molecule has 0 aliphatic rings. The number of nitrogens with zero attached hydrogens (tertiary/aromatic N) is 2. The molecule has 0 atom stereocenters. The first-order valence-corrected chi connectivity index (χ1v) is 6.40. The van der Waals surface area contributed by atoms with Crippen LogP contribution in [0.25, 0.3) is 10.8 Å². The van der Waals surface area contributed by atoms with Gasteiger partial charge in [0.1, 0.15) is 11.5 Å². The van der Waals surface area contributed by atoms with Crippen molar-refractivity contribution in [2.75, 3.05) is 0 Å². The fourth-order valence-electron chi connectivity index (χ4n) is 1.19. The molecule has 1 radical (unpaired) electrons. The maximum atomic E-state index is 8.92. The van der Waals surface area contributed by atoms with E-state index in [0.717, 1.165) is 18.9 Å². The van der Waals surface area contributed by atoms with Crippen molar-refractivity contribution in [1.29, 1.82) is 0 Å². The van der Waals surface area contributed by atoms with Crippen molar-refractivity contribution >= 4 is 12.4 Å². The molecule has 5 heteroatoms. The Hall–Kier alpha value is -2.13. The first-order chi connectivity index (χ1) is 10.1. The number of aromatic hydroxyl groups is 2. The minimum absolute atomic E-state index is 0. The molecular formula is C17H19N2NiO2. The maximum absolute atomic E-state index is 8.92. The van der Waals surface area contributed by atoms with Crippen LogP contribution in [-0.2, 0) is 16.5 Å². The summed E-state index contributed by atoms with van der Waals surface area (Å²) in [7, 11) is 0. The molecule has 119 valence electrons. The second-order valence-electron chi connectivity index (χ2n) is 3.88. The number of phenols is 2. The molecule has 0 bridgehead atoms. The van der Waals surface area contributed by atoms with Crippen LogP contribution in [0.3, 0.4) is 0 Å². The van der Waals surface area contributed by atoms with Gasteiger partial charge in [0.25, 0.3) is 0 Å². The smallest absolute Gasteiger partial charge is 0.810 e. The van der Waals surface area contributed by atoms with Gasteiger partial charge in [-0.1, -0.05) is 43.3 Å². The van der Waals surface area contributed by atoms with Gasteiger partial charge in [-0.25, -0.2) is 0 Å². The predicted octanol–water partition coefficient (Wildman–Crippen LogP) is 3.99. The Labute approximate surface area is 141 Å². The number of rotatable bonds is 2. The van der Waals surface area contributed by atoms with Crippen LogP contribution in [0.1, 0.15) is 24.5 Å². The molecule has 4 nitrogen and oxygen atoms in total. The third kappa shape index (κ3) is 8.93. The molecule has 0 aliphatic carbocycles. The molecule has 0 saturated carbocycles. The van der Waals surface area contributed by atoms with Crippen molar-refractivity contribution in [3.05, 3.63) is 77.4 Å². The van der Waals surface area contributed by atoms with E-state index in [2.05, 4.69) is 6.92 Å². The normalized spacial score (nSPS) is 8.09. The zero-order valence-electron chi connectivity index (χ0n) is 12.3. The fourth-order valence-corrected chi connectivity index (χ4v) is 1.19. The molecule has 2 rings (SSSR count). The summed E-state index contributed by atoms with van der Waals surface area (Å²) >= 11 is 0. The Bertz CT molecular complexity index is 510. The number of benzene rings is 2. The van der Waals surface area contributed by atoms with E-state index in [1.807, 2.05) is 6.92 Å². The van der Waals surface area contributed by atoms with E-state index in [0.29, 0.717) is 11.1 Å². The maximum Gasteiger partial charge on any atom is 3.00 e. The van der Waals surface area contributed by atoms with Crippen molar-refractivity contribution < 1.29 is 26.7 Å². The summed E-state index contributed by atoms with van der Waals surface area (Å²) in [4.78, 5) is 0. The Morgan fingerprint density at radius 2 is 1.14 bits per heavy atom. The van der Waals surface area contributed by atoms with E-state index >= 15 is 0 Å². The Morgan fingerprint density at radius 3 is 1.32 bits per heavy atom. The Kier molecular flexibility index (Phi) is 13.9. The van der Waals surface area contributed by atoms with Crippen molar-refractivity contribution in [2.24, 2.45) is 0 Å². The summed E-state index contributed by atoms with van der Waals surface area (Å²) in [6, 6.07) is 13.1. The summed E-state index contributed by atoms with van der Waals surface area (Å²) in [5.41, 5.74) is 0.884. The average Bonchev–Trinajstić information content (AvgIpc) is 2.50. The largest absolute Gasteiger partial charge is 3.00 e. The van der Waals surface area contributed by atoms with Gasteiger partial charge in [0.2, 0.25) is 0 Å². The van der Waals surface area contributed by atoms with Crippen LogP contribution in [0.2, 0.25) is 0 Å². The molecule has 0 saturated heterocycles. The van der Waals surface area contributed by atoms with Gasteiger partial charge < -0.3 is 28.0 Å². The van der Waals surface area contributed by atoms with Gasteiger partial charge in [0, 0.05) is 0 Å². The molecule has 2 N–H and O–H groups in total. The molecule has 0 fully saturated rings. The topological polar surface area (TPSA) is 85.1 Å². The standard InChI is InChI=1S/2C7H6NO.C3H7.Ni/c2*8-5-6-3-1-2-4-7(6)9;1-3-2;/h2*1-5,9H;1,3H2,2H3;/q3*-1;+3. The second kappa shape index (κ2) is 13.8. The monoisotopic (exact) mass is 341 g/mol. The van der Waals surface area contributed by atoms with Crippen LogP contribution in [0.5, 0.6) is 11.5 Å². The van der Waals surface area contributed by atoms with Crippen LogP contribution in [0, 0.1) is 6.92 Å². The molecule has 0 unspecified atom stereocenters. The van der Waals surface area contributed by atoms with E-state index in [9.17, 15) is 0 Å². The van der Waals surface area contributed by atoms with Crippen LogP contribution >= 0.6 is 0 Å². The van der Waals surface area contributed by atoms with E-state index in [1.165, 1.54) is 12.1 Å². The van der Waals surface area contributed by atoms with Gasteiger partial charge in [-0.05, 0) is 23.3 Å². The second-order valence-corrected chi connectivity index (χ2v) is 3.88. The molecular weight excluding hydrogens is 323 g/mol. The zero-order chi connectivity index (χ0) is 16.1. The minimum Gasteiger partial charge on any atom is -0.810 e. The summed E-state index contributed by atoms with van der Waals surface area (Å²) in [6.45, 7) is 5.50. The molecule has 2 aromatic rings. The Morgan fingerprint density at radius 1 is 0.864 bits per heavy atom. The molecule has 0 amide bonds. The molecule has 22 heavy (non-hydrogen) atoms. The first kappa shape index (κ1) is 22.2. The SMILES string of the molecule is [CH2-]CC.[N-]=Cc1ccccc1O.[N-]=Cc1ccccc1O.[Ni+3]. The molecule has 0 spiro atoms. The van der Waals surface area contributed by atoms with E-state index in [-0.39, 0.29) is 28.0 Å². The Balaban J connectivity index is 0. The van der Waals surface area contributed by atoms with Crippen molar-refractivity contribution in [1.82, 2.24) is 0 Å². The van der Waals surface area contributed by atoms with Gasteiger partial charge in [-0.15, -0.1) is 0 Å². The van der Waals surface area contributed by atoms with Crippen LogP contribution in [0.15, 0.2) is 48.5 Å². The number of hydrogen-bond acceptors (Lipinski definition) is 2. The van der Waals surface area contributed by atoms with Crippen molar-refractivity contribution in [2.45, 2.75) is 13.3 Å². The summed E-state index contributed by atoms with van der Waals surface area (Å²) < 4.78 is 0. The van der Waals surface area contributed by atoms with E-state index < -0.39 is 0 Å². The predicted molar refractivity (Wildman–Crippen MR) is 88.9 cm³/mol. The van der Waals surface area contributed by atoms with Gasteiger partial charge in [-0.2, -0.15) is 18.9 Å². The first-order valence-electron chi connectivity index (χ1n) is 6.40. The van der Waals surface area contributed by atoms with Crippen molar-refractivity contribution in [3.63, 3.8) is 0 Å². The third-order valence-corrected chi connectivity index (χ3v) is 2.15. The third-order valence-electron chi connectivity index (χ3n) is 2.15. The number of hydrogen-bond donors (Lipinski definition) is 2. The van der Waals surface area contributed by atoms with Gasteiger partial charge in [-0.3, -0.25) is 0 Å². The minimum atomic E-state index is 0. The van der Waals surface area contributed by atoms with Gasteiger partial charge >= 0.3 is 16.5 Å². The van der Waals surface area contributed by atoms with Crippen LogP contribution < -0.4 is 0 Å². The van der Waals surface area contributed by atoms with Crippen LogP contribution in [0.4, 0.5) is 0 Å². The van der Waals surface area contributed by atoms with E-state index in [4.69, 9.17) is 21.0 Å². The molecule has 0 heterocycles. The molecule has 0 aliphatic heterocycles. The summed E-state index contributed by atoms with van der Waals surface area (Å²) in [5, 5.41) is 34.7. The zero-order valence-corrected chi connectivity index (χ0v) is 13.3. The fraction of sp³-hybridized carbons (Fsp3) is 0.118.